The minimum absolute atomic E-state index is 0.00123. The van der Waals surface area contributed by atoms with E-state index in [1.165, 1.54) is 25.7 Å². The van der Waals surface area contributed by atoms with Crippen molar-refractivity contribution < 1.29 is 9.90 Å². The Morgan fingerprint density at radius 2 is 2.06 bits per heavy atom. The minimum Gasteiger partial charge on any atom is -0.396 e. The Morgan fingerprint density at radius 3 is 2.53 bits per heavy atom. The molecule has 1 saturated carbocycles. The van der Waals surface area contributed by atoms with E-state index in [9.17, 15) is 4.79 Å². The Morgan fingerprint density at radius 1 is 1.41 bits per heavy atom. The molecule has 1 rings (SSSR count). The summed E-state index contributed by atoms with van der Waals surface area (Å²) in [6.45, 7) is 6.91. The molecule has 1 aliphatic rings. The van der Waals surface area contributed by atoms with Crippen molar-refractivity contribution in [2.75, 3.05) is 13.2 Å². The van der Waals surface area contributed by atoms with Crippen molar-refractivity contribution in [1.29, 1.82) is 0 Å². The van der Waals surface area contributed by atoms with Gasteiger partial charge in [0.15, 0.2) is 0 Å². The molecular weight excluding hydrogens is 216 g/mol. The van der Waals surface area contributed by atoms with E-state index in [0.717, 1.165) is 6.54 Å². The zero-order valence-corrected chi connectivity index (χ0v) is 11.3. The Labute approximate surface area is 104 Å². The number of aliphatic hydroxyl groups excluding tert-OH is 1. The highest BCUT2D eigenvalue weighted by Gasteiger charge is 2.41. The normalized spacial score (nSPS) is 20.5. The van der Waals surface area contributed by atoms with E-state index in [-0.39, 0.29) is 24.6 Å². The summed E-state index contributed by atoms with van der Waals surface area (Å²) in [6, 6.07) is -0.110. The molecule has 2 amide bonds. The van der Waals surface area contributed by atoms with E-state index in [4.69, 9.17) is 5.11 Å². The number of aliphatic hydroxyl groups is 1. The molecule has 17 heavy (non-hydrogen) atoms. The van der Waals surface area contributed by atoms with Crippen molar-refractivity contribution in [1.82, 2.24) is 10.6 Å². The van der Waals surface area contributed by atoms with Gasteiger partial charge in [-0.05, 0) is 37.5 Å². The summed E-state index contributed by atoms with van der Waals surface area (Å²) in [4.78, 5) is 11.6. The van der Waals surface area contributed by atoms with Gasteiger partial charge < -0.3 is 15.7 Å². The molecule has 100 valence electrons. The predicted octanol–water partition coefficient (Wildman–Crippen LogP) is 1.88. The molecule has 0 spiro atoms. The van der Waals surface area contributed by atoms with Gasteiger partial charge in [-0.25, -0.2) is 4.79 Å². The summed E-state index contributed by atoms with van der Waals surface area (Å²) in [7, 11) is 0. The highest BCUT2D eigenvalue weighted by atomic mass is 16.3. The van der Waals surface area contributed by atoms with Crippen LogP contribution < -0.4 is 10.6 Å². The lowest BCUT2D eigenvalue weighted by atomic mass is 10.0. The van der Waals surface area contributed by atoms with Crippen LogP contribution in [0.15, 0.2) is 0 Å². The van der Waals surface area contributed by atoms with E-state index >= 15 is 0 Å². The quantitative estimate of drug-likeness (QED) is 0.638. The first kappa shape index (κ1) is 14.3. The average molecular weight is 242 g/mol. The highest BCUT2D eigenvalue weighted by Crippen LogP contribution is 2.48. The fraction of sp³-hybridized carbons (Fsp3) is 0.923. The molecule has 0 aromatic heterocycles. The first-order valence-electron chi connectivity index (χ1n) is 6.68. The first-order chi connectivity index (χ1) is 8.03. The molecule has 2 unspecified atom stereocenters. The summed E-state index contributed by atoms with van der Waals surface area (Å²) in [5, 5.41) is 14.8. The van der Waals surface area contributed by atoms with Crippen LogP contribution >= 0.6 is 0 Å². The molecule has 0 bridgehead atoms. The molecule has 0 aromatic rings. The van der Waals surface area contributed by atoms with Gasteiger partial charge in [0.05, 0.1) is 0 Å². The third kappa shape index (κ3) is 4.54. The number of carbonyl (C=O) groups is 1. The summed E-state index contributed by atoms with van der Waals surface area (Å²) in [6.07, 6.45) is 4.87. The monoisotopic (exact) mass is 242 g/mol. The second-order valence-corrected chi connectivity index (χ2v) is 5.53. The number of nitrogens with one attached hydrogen (secondary N) is 2. The Bertz CT molecular complexity index is 252. The van der Waals surface area contributed by atoms with Gasteiger partial charge in [0.1, 0.15) is 0 Å². The summed E-state index contributed by atoms with van der Waals surface area (Å²) in [5.74, 6) is 0.0891. The number of hydrogen-bond acceptors (Lipinski definition) is 2. The molecule has 1 aliphatic carbocycles. The molecular formula is C13H26N2O2. The maximum atomic E-state index is 11.6. The summed E-state index contributed by atoms with van der Waals surface area (Å²) < 4.78 is 0. The van der Waals surface area contributed by atoms with Crippen LogP contribution in [0.2, 0.25) is 0 Å². The lowest BCUT2D eigenvalue weighted by Gasteiger charge is -2.21. The van der Waals surface area contributed by atoms with Crippen molar-refractivity contribution in [3.05, 3.63) is 0 Å². The van der Waals surface area contributed by atoms with Crippen LogP contribution in [-0.2, 0) is 0 Å². The minimum atomic E-state index is -0.111. The lowest BCUT2D eigenvalue weighted by molar-refractivity contribution is 0.199. The average Bonchev–Trinajstić information content (AvgIpc) is 3.06. The standard InChI is InChI=1S/C13H26N2O2/c1-4-5-13(6-7-13)9-14-12(17)15-11(3)10(2)8-16/h10-11,16H,4-9H2,1-3H3,(H2,14,15,17). The van der Waals surface area contributed by atoms with E-state index in [1.54, 1.807) is 0 Å². The molecule has 0 saturated heterocycles. The second kappa shape index (κ2) is 6.24. The molecule has 4 heteroatoms. The van der Waals surface area contributed by atoms with E-state index in [1.807, 2.05) is 13.8 Å². The fourth-order valence-electron chi connectivity index (χ4n) is 2.05. The van der Waals surface area contributed by atoms with Crippen molar-refractivity contribution >= 4 is 6.03 Å². The van der Waals surface area contributed by atoms with Crippen LogP contribution in [0.4, 0.5) is 4.79 Å². The fourth-order valence-corrected chi connectivity index (χ4v) is 2.05. The van der Waals surface area contributed by atoms with Crippen LogP contribution in [0.25, 0.3) is 0 Å². The maximum absolute atomic E-state index is 11.6. The number of rotatable bonds is 7. The molecule has 0 aromatic carbocycles. The van der Waals surface area contributed by atoms with Gasteiger partial charge in [0.2, 0.25) is 0 Å². The van der Waals surface area contributed by atoms with Gasteiger partial charge in [-0.1, -0.05) is 20.3 Å². The molecule has 4 nitrogen and oxygen atoms in total. The van der Waals surface area contributed by atoms with Crippen LogP contribution in [-0.4, -0.2) is 30.3 Å². The van der Waals surface area contributed by atoms with Crippen LogP contribution in [0, 0.1) is 11.3 Å². The van der Waals surface area contributed by atoms with Crippen molar-refractivity contribution in [2.45, 2.75) is 52.5 Å². The third-order valence-electron chi connectivity index (χ3n) is 3.86. The number of carbonyl (C=O) groups excluding carboxylic acids is 1. The summed E-state index contributed by atoms with van der Waals surface area (Å²) in [5.41, 5.74) is 0.387. The van der Waals surface area contributed by atoms with Gasteiger partial charge in [0.25, 0.3) is 0 Å². The second-order valence-electron chi connectivity index (χ2n) is 5.53. The van der Waals surface area contributed by atoms with Crippen LogP contribution in [0.1, 0.15) is 46.5 Å². The Kier molecular flexibility index (Phi) is 5.25. The third-order valence-corrected chi connectivity index (χ3v) is 3.86. The highest BCUT2D eigenvalue weighted by molar-refractivity contribution is 5.74. The Hall–Kier alpha value is -0.770. The van der Waals surface area contributed by atoms with E-state index in [0.29, 0.717) is 5.41 Å². The smallest absolute Gasteiger partial charge is 0.315 e. The van der Waals surface area contributed by atoms with Gasteiger partial charge in [-0.2, -0.15) is 0 Å². The first-order valence-corrected chi connectivity index (χ1v) is 6.68. The van der Waals surface area contributed by atoms with Crippen molar-refractivity contribution in [3.8, 4) is 0 Å². The predicted molar refractivity (Wildman–Crippen MR) is 68.8 cm³/mol. The van der Waals surface area contributed by atoms with E-state index in [2.05, 4.69) is 17.6 Å². The molecule has 0 radical (unpaired) electrons. The number of hydrogen-bond donors (Lipinski definition) is 3. The number of urea groups is 1. The van der Waals surface area contributed by atoms with Gasteiger partial charge in [-0.15, -0.1) is 0 Å². The molecule has 0 heterocycles. The molecule has 0 aliphatic heterocycles. The van der Waals surface area contributed by atoms with Crippen molar-refractivity contribution in [3.63, 3.8) is 0 Å². The van der Waals surface area contributed by atoms with Gasteiger partial charge in [-0.3, -0.25) is 0 Å². The largest absolute Gasteiger partial charge is 0.396 e. The van der Waals surface area contributed by atoms with E-state index < -0.39 is 0 Å². The van der Waals surface area contributed by atoms with Crippen molar-refractivity contribution in [2.24, 2.45) is 11.3 Å². The molecule has 2 atom stereocenters. The topological polar surface area (TPSA) is 61.4 Å². The molecule has 1 fully saturated rings. The van der Waals surface area contributed by atoms with Gasteiger partial charge in [0, 0.05) is 19.2 Å². The van der Waals surface area contributed by atoms with Gasteiger partial charge >= 0.3 is 6.03 Å². The zero-order chi connectivity index (χ0) is 12.9. The zero-order valence-electron chi connectivity index (χ0n) is 11.3. The maximum Gasteiger partial charge on any atom is 0.315 e. The van der Waals surface area contributed by atoms with Crippen LogP contribution in [0.5, 0.6) is 0 Å². The molecule has 3 N–H and O–H groups in total. The number of amides is 2. The summed E-state index contributed by atoms with van der Waals surface area (Å²) >= 11 is 0. The lowest BCUT2D eigenvalue weighted by Crippen LogP contribution is -2.45. The SMILES string of the molecule is CCCC1(CNC(=O)NC(C)C(C)CO)CC1. The Balaban J connectivity index is 2.21. The van der Waals surface area contributed by atoms with Crippen LogP contribution in [0.3, 0.4) is 0 Å².